The summed E-state index contributed by atoms with van der Waals surface area (Å²) in [5.74, 6) is 2.25. The second-order valence-corrected chi connectivity index (χ2v) is 6.68. The molecule has 6 heteroatoms. The number of para-hydroxylation sites is 2. The standard InChI is InChI=1S/C22H28N2O4/c1-4-20(28-18-9-7-8-17(16-18)26-2)22(25)24-14-12-23(13-15-24)19-10-5-6-11-21(19)27-3/h5-11,16,20H,4,12-15H2,1-3H3/t20-/m1/s1. The molecule has 1 atom stereocenters. The van der Waals surface area contributed by atoms with E-state index in [1.54, 1.807) is 20.3 Å². The lowest BCUT2D eigenvalue weighted by Crippen LogP contribution is -2.52. The van der Waals surface area contributed by atoms with Gasteiger partial charge >= 0.3 is 0 Å². The van der Waals surface area contributed by atoms with Crippen molar-refractivity contribution in [2.45, 2.75) is 19.4 Å². The molecule has 0 radical (unpaired) electrons. The molecule has 3 rings (SSSR count). The molecule has 0 N–H and O–H groups in total. The molecule has 1 aliphatic rings. The van der Waals surface area contributed by atoms with Crippen LogP contribution in [0, 0.1) is 0 Å². The van der Waals surface area contributed by atoms with Gasteiger partial charge in [-0.05, 0) is 30.7 Å². The van der Waals surface area contributed by atoms with Crippen molar-refractivity contribution in [2.24, 2.45) is 0 Å². The van der Waals surface area contributed by atoms with Gasteiger partial charge in [0.25, 0.3) is 5.91 Å². The molecule has 28 heavy (non-hydrogen) atoms. The van der Waals surface area contributed by atoms with Gasteiger partial charge in [-0.3, -0.25) is 4.79 Å². The Hall–Kier alpha value is -2.89. The number of carbonyl (C=O) groups is 1. The number of hydrogen-bond acceptors (Lipinski definition) is 5. The van der Waals surface area contributed by atoms with Crippen LogP contribution in [0.4, 0.5) is 5.69 Å². The van der Waals surface area contributed by atoms with Crippen molar-refractivity contribution in [1.29, 1.82) is 0 Å². The van der Waals surface area contributed by atoms with E-state index in [2.05, 4.69) is 11.0 Å². The average molecular weight is 384 g/mol. The molecule has 150 valence electrons. The van der Waals surface area contributed by atoms with Crippen molar-refractivity contribution in [2.75, 3.05) is 45.3 Å². The first-order chi connectivity index (χ1) is 13.7. The van der Waals surface area contributed by atoms with Gasteiger partial charge in [-0.25, -0.2) is 0 Å². The summed E-state index contributed by atoms with van der Waals surface area (Å²) >= 11 is 0. The number of amides is 1. The fourth-order valence-corrected chi connectivity index (χ4v) is 3.41. The monoisotopic (exact) mass is 384 g/mol. The first kappa shape index (κ1) is 19.9. The number of rotatable bonds is 7. The summed E-state index contributed by atoms with van der Waals surface area (Å²) in [6.45, 7) is 4.82. The Labute approximate surface area is 166 Å². The highest BCUT2D eigenvalue weighted by Gasteiger charge is 2.28. The summed E-state index contributed by atoms with van der Waals surface area (Å²) in [5.41, 5.74) is 1.07. The van der Waals surface area contributed by atoms with E-state index in [1.165, 1.54) is 0 Å². The van der Waals surface area contributed by atoms with Crippen LogP contribution in [0.15, 0.2) is 48.5 Å². The number of hydrogen-bond donors (Lipinski definition) is 0. The molecule has 0 aromatic heterocycles. The Kier molecular flexibility index (Phi) is 6.63. The number of piperazine rings is 1. The van der Waals surface area contributed by atoms with E-state index in [-0.39, 0.29) is 5.91 Å². The second-order valence-electron chi connectivity index (χ2n) is 6.68. The molecule has 1 aliphatic heterocycles. The summed E-state index contributed by atoms with van der Waals surface area (Å²) in [5, 5.41) is 0. The molecule has 0 saturated carbocycles. The summed E-state index contributed by atoms with van der Waals surface area (Å²) in [6, 6.07) is 15.3. The highest BCUT2D eigenvalue weighted by molar-refractivity contribution is 5.81. The van der Waals surface area contributed by atoms with E-state index >= 15 is 0 Å². The van der Waals surface area contributed by atoms with Crippen LogP contribution in [0.1, 0.15) is 13.3 Å². The molecule has 6 nitrogen and oxygen atoms in total. The Bertz CT molecular complexity index is 788. The van der Waals surface area contributed by atoms with Gasteiger partial charge in [0.15, 0.2) is 6.10 Å². The van der Waals surface area contributed by atoms with Crippen molar-refractivity contribution in [3.8, 4) is 17.2 Å². The number of benzene rings is 2. The minimum absolute atomic E-state index is 0.0324. The zero-order chi connectivity index (χ0) is 19.9. The van der Waals surface area contributed by atoms with Crippen molar-refractivity contribution in [3.05, 3.63) is 48.5 Å². The maximum absolute atomic E-state index is 13.0. The largest absolute Gasteiger partial charge is 0.497 e. The Morgan fingerprint density at radius 1 is 0.964 bits per heavy atom. The molecule has 0 unspecified atom stereocenters. The van der Waals surface area contributed by atoms with Crippen LogP contribution in [0.2, 0.25) is 0 Å². The van der Waals surface area contributed by atoms with Crippen LogP contribution in [-0.4, -0.2) is 57.3 Å². The minimum Gasteiger partial charge on any atom is -0.497 e. The minimum atomic E-state index is -0.495. The number of nitrogens with zero attached hydrogens (tertiary/aromatic N) is 2. The molecule has 1 heterocycles. The van der Waals surface area contributed by atoms with E-state index in [0.717, 1.165) is 24.5 Å². The predicted octanol–water partition coefficient (Wildman–Crippen LogP) is 3.21. The van der Waals surface area contributed by atoms with Crippen molar-refractivity contribution in [3.63, 3.8) is 0 Å². The first-order valence-electron chi connectivity index (χ1n) is 9.63. The van der Waals surface area contributed by atoms with Crippen LogP contribution >= 0.6 is 0 Å². The predicted molar refractivity (Wildman–Crippen MR) is 109 cm³/mol. The lowest BCUT2D eigenvalue weighted by atomic mass is 10.2. The van der Waals surface area contributed by atoms with Gasteiger partial charge in [-0.1, -0.05) is 25.1 Å². The Morgan fingerprint density at radius 2 is 1.68 bits per heavy atom. The summed E-state index contributed by atoms with van der Waals surface area (Å²) in [4.78, 5) is 17.1. The highest BCUT2D eigenvalue weighted by atomic mass is 16.5. The van der Waals surface area contributed by atoms with Gasteiger partial charge in [0.2, 0.25) is 0 Å². The molecule has 2 aromatic rings. The van der Waals surface area contributed by atoms with E-state index in [1.807, 2.05) is 48.2 Å². The molecule has 0 aliphatic carbocycles. The quantitative estimate of drug-likeness (QED) is 0.734. The lowest BCUT2D eigenvalue weighted by Gasteiger charge is -2.37. The Morgan fingerprint density at radius 3 is 2.36 bits per heavy atom. The zero-order valence-electron chi connectivity index (χ0n) is 16.8. The average Bonchev–Trinajstić information content (AvgIpc) is 2.77. The third kappa shape index (κ3) is 4.50. The van der Waals surface area contributed by atoms with E-state index in [0.29, 0.717) is 31.0 Å². The maximum atomic E-state index is 13.0. The topological polar surface area (TPSA) is 51.2 Å². The molecule has 0 spiro atoms. The molecule has 1 amide bonds. The number of ether oxygens (including phenoxy) is 3. The third-order valence-electron chi connectivity index (χ3n) is 4.98. The molecule has 1 fully saturated rings. The van der Waals surface area contributed by atoms with E-state index in [4.69, 9.17) is 14.2 Å². The number of anilines is 1. The Balaban J connectivity index is 1.61. The van der Waals surface area contributed by atoms with Gasteiger partial charge in [0, 0.05) is 32.2 Å². The van der Waals surface area contributed by atoms with Crippen LogP contribution in [-0.2, 0) is 4.79 Å². The smallest absolute Gasteiger partial charge is 0.263 e. The van der Waals surface area contributed by atoms with E-state index in [9.17, 15) is 4.79 Å². The summed E-state index contributed by atoms with van der Waals surface area (Å²) in [6.07, 6.45) is 0.118. The van der Waals surface area contributed by atoms with Crippen LogP contribution in [0.3, 0.4) is 0 Å². The highest BCUT2D eigenvalue weighted by Crippen LogP contribution is 2.28. The van der Waals surface area contributed by atoms with Gasteiger partial charge in [-0.2, -0.15) is 0 Å². The zero-order valence-corrected chi connectivity index (χ0v) is 16.8. The van der Waals surface area contributed by atoms with Gasteiger partial charge in [-0.15, -0.1) is 0 Å². The summed E-state index contributed by atoms with van der Waals surface area (Å²) < 4.78 is 16.7. The van der Waals surface area contributed by atoms with Gasteiger partial charge < -0.3 is 24.0 Å². The first-order valence-corrected chi connectivity index (χ1v) is 9.63. The third-order valence-corrected chi connectivity index (χ3v) is 4.98. The number of carbonyl (C=O) groups excluding carboxylic acids is 1. The molecular weight excluding hydrogens is 356 g/mol. The molecule has 1 saturated heterocycles. The van der Waals surface area contributed by atoms with Crippen molar-refractivity contribution < 1.29 is 19.0 Å². The van der Waals surface area contributed by atoms with Crippen molar-refractivity contribution in [1.82, 2.24) is 4.90 Å². The van der Waals surface area contributed by atoms with Crippen LogP contribution in [0.5, 0.6) is 17.2 Å². The lowest BCUT2D eigenvalue weighted by molar-refractivity contribution is -0.139. The van der Waals surface area contributed by atoms with Gasteiger partial charge in [0.1, 0.15) is 17.2 Å². The maximum Gasteiger partial charge on any atom is 0.263 e. The number of methoxy groups -OCH3 is 2. The SMILES string of the molecule is CC[C@@H](Oc1cccc(OC)c1)C(=O)N1CCN(c2ccccc2OC)CC1. The van der Waals surface area contributed by atoms with Gasteiger partial charge in [0.05, 0.1) is 19.9 Å². The molecular formula is C22H28N2O4. The fourth-order valence-electron chi connectivity index (χ4n) is 3.41. The van der Waals surface area contributed by atoms with Crippen LogP contribution < -0.4 is 19.1 Å². The van der Waals surface area contributed by atoms with Crippen molar-refractivity contribution >= 4 is 11.6 Å². The normalized spacial score (nSPS) is 15.1. The summed E-state index contributed by atoms with van der Waals surface area (Å²) in [7, 11) is 3.29. The molecule has 2 aromatic carbocycles. The van der Waals surface area contributed by atoms with E-state index < -0.39 is 6.10 Å². The second kappa shape index (κ2) is 9.35. The van der Waals surface area contributed by atoms with Crippen LogP contribution in [0.25, 0.3) is 0 Å². The molecule has 0 bridgehead atoms. The fraction of sp³-hybridized carbons (Fsp3) is 0.409.